The van der Waals surface area contributed by atoms with Crippen LogP contribution in [-0.2, 0) is 11.4 Å². The molecule has 2 heterocycles. The smallest absolute Gasteiger partial charge is 0.264 e. The fraction of sp³-hybridized carbons (Fsp3) is 0.111. The van der Waals surface area contributed by atoms with Crippen molar-refractivity contribution in [1.29, 1.82) is 0 Å². The van der Waals surface area contributed by atoms with E-state index in [2.05, 4.69) is 10.3 Å². The van der Waals surface area contributed by atoms with E-state index in [0.29, 0.717) is 22.5 Å². The summed E-state index contributed by atoms with van der Waals surface area (Å²) in [4.78, 5) is 17.6. The van der Waals surface area contributed by atoms with Gasteiger partial charge in [0.25, 0.3) is 5.91 Å². The largest absolute Gasteiger partial charge is 0.487 e. The summed E-state index contributed by atoms with van der Waals surface area (Å²) in [6.07, 6.45) is 0. The first-order chi connectivity index (χ1) is 12.2. The second kappa shape index (κ2) is 6.74. The zero-order chi connectivity index (χ0) is 17.2. The summed E-state index contributed by atoms with van der Waals surface area (Å²) in [6.45, 7) is 0.361. The summed E-state index contributed by atoms with van der Waals surface area (Å²) < 4.78 is 11.1. The van der Waals surface area contributed by atoms with Crippen molar-refractivity contribution in [3.05, 3.63) is 58.4 Å². The second-order valence-corrected chi connectivity index (χ2v) is 6.89. The van der Waals surface area contributed by atoms with Gasteiger partial charge < -0.3 is 9.47 Å². The Bertz CT molecular complexity index is 924. The number of amides is 1. The SMILES string of the molecule is O=C(COc1ccc(Cl)cc1)Nc1nc2c(s1)COc1ccccc1-2. The summed E-state index contributed by atoms with van der Waals surface area (Å²) in [7, 11) is 0. The van der Waals surface area contributed by atoms with Crippen LogP contribution in [0, 0.1) is 0 Å². The zero-order valence-corrected chi connectivity index (χ0v) is 14.6. The Hall–Kier alpha value is -2.57. The average molecular weight is 373 g/mol. The van der Waals surface area contributed by atoms with Crippen molar-refractivity contribution in [3.8, 4) is 22.8 Å². The normalized spacial score (nSPS) is 11.9. The maximum Gasteiger partial charge on any atom is 0.264 e. The predicted molar refractivity (Wildman–Crippen MR) is 97.5 cm³/mol. The number of nitrogens with one attached hydrogen (secondary N) is 1. The van der Waals surface area contributed by atoms with Gasteiger partial charge in [0, 0.05) is 10.6 Å². The number of fused-ring (bicyclic) bond motifs is 3. The third kappa shape index (κ3) is 3.45. The van der Waals surface area contributed by atoms with Gasteiger partial charge in [-0.2, -0.15) is 0 Å². The fourth-order valence-electron chi connectivity index (χ4n) is 2.48. The van der Waals surface area contributed by atoms with Gasteiger partial charge in [-0.3, -0.25) is 10.1 Å². The van der Waals surface area contributed by atoms with E-state index < -0.39 is 0 Å². The first-order valence-corrected chi connectivity index (χ1v) is 8.78. The molecule has 0 bridgehead atoms. The van der Waals surface area contributed by atoms with E-state index in [4.69, 9.17) is 21.1 Å². The molecule has 7 heteroatoms. The molecule has 0 aliphatic carbocycles. The third-order valence-electron chi connectivity index (χ3n) is 3.63. The molecule has 1 N–H and O–H groups in total. The van der Waals surface area contributed by atoms with Crippen molar-refractivity contribution < 1.29 is 14.3 Å². The fourth-order valence-corrected chi connectivity index (χ4v) is 3.51. The van der Waals surface area contributed by atoms with Gasteiger partial charge in [0.15, 0.2) is 11.7 Å². The number of rotatable bonds is 4. The Balaban J connectivity index is 1.43. The molecule has 1 amide bonds. The van der Waals surface area contributed by atoms with E-state index in [1.165, 1.54) is 11.3 Å². The molecule has 0 saturated heterocycles. The van der Waals surface area contributed by atoms with E-state index >= 15 is 0 Å². The van der Waals surface area contributed by atoms with Crippen LogP contribution < -0.4 is 14.8 Å². The summed E-state index contributed by atoms with van der Waals surface area (Å²) in [5.74, 6) is 1.12. The van der Waals surface area contributed by atoms with E-state index in [1.54, 1.807) is 24.3 Å². The molecule has 4 rings (SSSR count). The number of carbonyl (C=O) groups excluding carboxylic acids is 1. The first kappa shape index (κ1) is 15.9. The average Bonchev–Trinajstić information content (AvgIpc) is 3.04. The lowest BCUT2D eigenvalue weighted by Gasteiger charge is -2.15. The molecule has 0 radical (unpaired) electrons. The molecule has 1 aromatic heterocycles. The van der Waals surface area contributed by atoms with Gasteiger partial charge in [0.2, 0.25) is 0 Å². The van der Waals surface area contributed by atoms with Gasteiger partial charge in [0.1, 0.15) is 18.1 Å². The van der Waals surface area contributed by atoms with Crippen molar-refractivity contribution in [2.24, 2.45) is 0 Å². The summed E-state index contributed by atoms with van der Waals surface area (Å²) in [6, 6.07) is 14.6. The van der Waals surface area contributed by atoms with E-state index in [-0.39, 0.29) is 12.5 Å². The third-order valence-corrected chi connectivity index (χ3v) is 4.82. The molecule has 1 aliphatic heterocycles. The van der Waals surface area contributed by atoms with Crippen LogP contribution in [0.4, 0.5) is 5.13 Å². The Kier molecular flexibility index (Phi) is 4.29. The quantitative estimate of drug-likeness (QED) is 0.738. The van der Waals surface area contributed by atoms with Gasteiger partial charge in [-0.15, -0.1) is 0 Å². The van der Waals surface area contributed by atoms with Crippen LogP contribution >= 0.6 is 22.9 Å². The zero-order valence-electron chi connectivity index (χ0n) is 13.0. The van der Waals surface area contributed by atoms with Crippen LogP contribution in [-0.4, -0.2) is 17.5 Å². The number of hydrogen-bond donors (Lipinski definition) is 1. The van der Waals surface area contributed by atoms with Gasteiger partial charge in [-0.05, 0) is 36.4 Å². The highest BCUT2D eigenvalue weighted by Gasteiger charge is 2.22. The van der Waals surface area contributed by atoms with E-state index in [9.17, 15) is 4.79 Å². The monoisotopic (exact) mass is 372 g/mol. The van der Waals surface area contributed by atoms with Crippen molar-refractivity contribution in [3.63, 3.8) is 0 Å². The number of hydrogen-bond acceptors (Lipinski definition) is 5. The Morgan fingerprint density at radius 3 is 2.88 bits per heavy atom. The molecule has 1 aliphatic rings. The lowest BCUT2D eigenvalue weighted by molar-refractivity contribution is -0.118. The van der Waals surface area contributed by atoms with E-state index in [0.717, 1.165) is 21.9 Å². The van der Waals surface area contributed by atoms with Crippen LogP contribution in [0.3, 0.4) is 0 Å². The van der Waals surface area contributed by atoms with Gasteiger partial charge in [0.05, 0.1) is 10.6 Å². The van der Waals surface area contributed by atoms with Crippen molar-refractivity contribution in [2.45, 2.75) is 6.61 Å². The molecule has 25 heavy (non-hydrogen) atoms. The van der Waals surface area contributed by atoms with E-state index in [1.807, 2.05) is 24.3 Å². The number of aromatic nitrogens is 1. The minimum absolute atomic E-state index is 0.0982. The molecule has 0 saturated carbocycles. The molecule has 0 spiro atoms. The first-order valence-electron chi connectivity index (χ1n) is 7.59. The van der Waals surface area contributed by atoms with Crippen LogP contribution in [0.15, 0.2) is 48.5 Å². The predicted octanol–water partition coefficient (Wildman–Crippen LogP) is 4.37. The van der Waals surface area contributed by atoms with Gasteiger partial charge in [-0.1, -0.05) is 35.1 Å². The minimum atomic E-state index is -0.268. The summed E-state index contributed by atoms with van der Waals surface area (Å²) >= 11 is 7.23. The van der Waals surface area contributed by atoms with Crippen molar-refractivity contribution in [2.75, 3.05) is 11.9 Å². The van der Waals surface area contributed by atoms with Crippen LogP contribution in [0.25, 0.3) is 11.3 Å². The lowest BCUT2D eigenvalue weighted by Crippen LogP contribution is -2.20. The topological polar surface area (TPSA) is 60.5 Å². The Morgan fingerprint density at radius 1 is 1.24 bits per heavy atom. The number of thiazole rings is 1. The van der Waals surface area contributed by atoms with Gasteiger partial charge >= 0.3 is 0 Å². The maximum absolute atomic E-state index is 12.1. The molecule has 126 valence electrons. The number of nitrogens with zero attached hydrogens (tertiary/aromatic N) is 1. The lowest BCUT2D eigenvalue weighted by atomic mass is 10.1. The van der Waals surface area contributed by atoms with Crippen LogP contribution in [0.1, 0.15) is 4.88 Å². The highest BCUT2D eigenvalue weighted by molar-refractivity contribution is 7.16. The summed E-state index contributed by atoms with van der Waals surface area (Å²) in [5, 5.41) is 3.93. The van der Waals surface area contributed by atoms with Crippen LogP contribution in [0.2, 0.25) is 5.02 Å². The number of halogens is 1. The second-order valence-electron chi connectivity index (χ2n) is 5.37. The highest BCUT2D eigenvalue weighted by atomic mass is 35.5. The number of carbonyl (C=O) groups is 1. The Morgan fingerprint density at radius 2 is 2.04 bits per heavy atom. The number of para-hydroxylation sites is 1. The van der Waals surface area contributed by atoms with Gasteiger partial charge in [-0.25, -0.2) is 4.98 Å². The maximum atomic E-state index is 12.1. The van der Waals surface area contributed by atoms with Crippen LogP contribution in [0.5, 0.6) is 11.5 Å². The number of benzene rings is 2. The standard InChI is InChI=1S/C18H13ClN2O3S/c19-11-5-7-12(8-6-11)23-10-16(22)20-18-21-17-13-3-1-2-4-14(13)24-9-15(17)25-18/h1-8H,9-10H2,(H,20,21,22). The molecule has 0 atom stereocenters. The molecule has 0 unspecified atom stereocenters. The van der Waals surface area contributed by atoms with Crippen molar-refractivity contribution in [1.82, 2.24) is 4.98 Å². The van der Waals surface area contributed by atoms with Crippen molar-refractivity contribution >= 4 is 34.0 Å². The molecular weight excluding hydrogens is 360 g/mol. The molecule has 5 nitrogen and oxygen atoms in total. The summed E-state index contributed by atoms with van der Waals surface area (Å²) in [5.41, 5.74) is 1.80. The Labute approximate surface area is 153 Å². The number of anilines is 1. The molecular formula is C18H13ClN2O3S. The minimum Gasteiger partial charge on any atom is -0.487 e. The molecule has 2 aromatic carbocycles. The molecule has 0 fully saturated rings. The highest BCUT2D eigenvalue weighted by Crippen LogP contribution is 2.40. The number of ether oxygens (including phenoxy) is 2. The molecule has 3 aromatic rings.